The molecule has 0 unspecified atom stereocenters. The molecule has 10 heavy (non-hydrogen) atoms. The van der Waals surface area contributed by atoms with Gasteiger partial charge in [0.05, 0.1) is 5.03 Å². The summed E-state index contributed by atoms with van der Waals surface area (Å²) in [6, 6.07) is 9.78. The molecule has 0 saturated heterocycles. The van der Waals surface area contributed by atoms with E-state index in [2.05, 4.69) is 15.9 Å². The van der Waals surface area contributed by atoms with Crippen molar-refractivity contribution in [3.8, 4) is 0 Å². The second-order valence-corrected chi connectivity index (χ2v) is 2.69. The number of benzene rings is 1. The fourth-order valence-corrected chi connectivity index (χ4v) is 1.05. The van der Waals surface area contributed by atoms with Gasteiger partial charge in [0.2, 0.25) is 0 Å². The highest BCUT2D eigenvalue weighted by molar-refractivity contribution is 9.11. The van der Waals surface area contributed by atoms with Gasteiger partial charge in [0.1, 0.15) is 0 Å². The summed E-state index contributed by atoms with van der Waals surface area (Å²) < 4.78 is 0. The van der Waals surface area contributed by atoms with Gasteiger partial charge >= 0.3 is 0 Å². The number of halogens is 2. The van der Waals surface area contributed by atoms with E-state index in [4.69, 9.17) is 11.6 Å². The van der Waals surface area contributed by atoms with Crippen molar-refractivity contribution in [1.82, 2.24) is 0 Å². The third-order valence-electron chi connectivity index (χ3n) is 1.15. The van der Waals surface area contributed by atoms with Crippen LogP contribution >= 0.6 is 27.5 Å². The van der Waals surface area contributed by atoms with E-state index in [0.717, 1.165) is 10.6 Å². The molecule has 2 heteroatoms. The lowest BCUT2D eigenvalue weighted by atomic mass is 10.2. The standard InChI is InChI=1S/C8H6BrCl/c9-6-8(10)7-4-2-1-3-5-7/h1-6H. The summed E-state index contributed by atoms with van der Waals surface area (Å²) in [5.41, 5.74) is 1.03. The molecule has 0 aliphatic heterocycles. The number of rotatable bonds is 1. The summed E-state index contributed by atoms with van der Waals surface area (Å²) in [4.78, 5) is 1.70. The van der Waals surface area contributed by atoms with Crippen molar-refractivity contribution in [2.24, 2.45) is 0 Å². The molecule has 1 aromatic rings. The first-order chi connectivity index (χ1) is 4.84. The maximum atomic E-state index is 5.80. The van der Waals surface area contributed by atoms with Gasteiger partial charge in [-0.2, -0.15) is 0 Å². The van der Waals surface area contributed by atoms with Gasteiger partial charge in [-0.05, 0) is 5.56 Å². The average molecular weight is 217 g/mol. The fraction of sp³-hybridized carbons (Fsp3) is 0. The maximum Gasteiger partial charge on any atom is 0.0547 e. The molecule has 0 nitrogen and oxygen atoms in total. The lowest BCUT2D eigenvalue weighted by Crippen LogP contribution is -1.71. The Labute approximate surface area is 73.6 Å². The molecule has 0 N–H and O–H groups in total. The highest BCUT2D eigenvalue weighted by Crippen LogP contribution is 2.18. The lowest BCUT2D eigenvalue weighted by molar-refractivity contribution is 1.66. The van der Waals surface area contributed by atoms with E-state index in [1.165, 1.54) is 0 Å². The molecule has 0 aliphatic rings. The average Bonchev–Trinajstić information content (AvgIpc) is 2.05. The van der Waals surface area contributed by atoms with Crippen LogP contribution in [0.2, 0.25) is 0 Å². The van der Waals surface area contributed by atoms with E-state index in [9.17, 15) is 0 Å². The molecule has 0 heterocycles. The van der Waals surface area contributed by atoms with Crippen molar-refractivity contribution in [2.45, 2.75) is 0 Å². The number of hydrogen-bond donors (Lipinski definition) is 0. The van der Waals surface area contributed by atoms with Gasteiger partial charge in [-0.3, -0.25) is 0 Å². The van der Waals surface area contributed by atoms with Crippen molar-refractivity contribution in [1.29, 1.82) is 0 Å². The van der Waals surface area contributed by atoms with E-state index >= 15 is 0 Å². The highest BCUT2D eigenvalue weighted by Gasteiger charge is 1.92. The van der Waals surface area contributed by atoms with Gasteiger partial charge in [-0.15, -0.1) is 0 Å². The Morgan fingerprint density at radius 3 is 2.40 bits per heavy atom. The molecule has 0 bridgehead atoms. The van der Waals surface area contributed by atoms with Crippen molar-refractivity contribution < 1.29 is 0 Å². The van der Waals surface area contributed by atoms with Crippen LogP contribution in [0.4, 0.5) is 0 Å². The summed E-state index contributed by atoms with van der Waals surface area (Å²) >= 11 is 8.96. The van der Waals surface area contributed by atoms with Crippen molar-refractivity contribution in [3.05, 3.63) is 40.9 Å². The molecule has 0 aromatic heterocycles. The summed E-state index contributed by atoms with van der Waals surface area (Å²) in [6.45, 7) is 0. The van der Waals surface area contributed by atoms with Gasteiger partial charge in [0.25, 0.3) is 0 Å². The highest BCUT2D eigenvalue weighted by atomic mass is 79.9. The second-order valence-electron chi connectivity index (χ2n) is 1.82. The molecule has 0 fully saturated rings. The van der Waals surface area contributed by atoms with Crippen molar-refractivity contribution >= 4 is 32.6 Å². The third kappa shape index (κ3) is 1.86. The van der Waals surface area contributed by atoms with Crippen LogP contribution in [0.15, 0.2) is 35.3 Å². The monoisotopic (exact) mass is 216 g/mol. The van der Waals surface area contributed by atoms with Crippen LogP contribution in [0, 0.1) is 0 Å². The predicted molar refractivity (Wildman–Crippen MR) is 49.2 cm³/mol. The van der Waals surface area contributed by atoms with Crippen LogP contribution in [-0.2, 0) is 0 Å². The zero-order valence-electron chi connectivity index (χ0n) is 5.22. The predicted octanol–water partition coefficient (Wildman–Crippen LogP) is 3.62. The minimum Gasteiger partial charge on any atom is -0.0831 e. The molecule has 0 spiro atoms. The summed E-state index contributed by atoms with van der Waals surface area (Å²) in [5.74, 6) is 0. The van der Waals surface area contributed by atoms with Crippen LogP contribution < -0.4 is 0 Å². The molecule has 1 rings (SSSR count). The Morgan fingerprint density at radius 2 is 1.90 bits per heavy atom. The SMILES string of the molecule is ClC(=CBr)c1ccccc1. The zero-order valence-corrected chi connectivity index (χ0v) is 7.56. The fourth-order valence-electron chi connectivity index (χ4n) is 0.660. The Hall–Kier alpha value is -0.270. The Morgan fingerprint density at radius 1 is 1.30 bits per heavy atom. The smallest absolute Gasteiger partial charge is 0.0547 e. The van der Waals surface area contributed by atoms with Crippen molar-refractivity contribution in [2.75, 3.05) is 0 Å². The minimum absolute atomic E-state index is 0.723. The van der Waals surface area contributed by atoms with Gasteiger partial charge < -0.3 is 0 Å². The van der Waals surface area contributed by atoms with E-state index < -0.39 is 0 Å². The first-order valence-electron chi connectivity index (χ1n) is 2.86. The largest absolute Gasteiger partial charge is 0.0831 e. The molecule has 0 amide bonds. The molecule has 0 radical (unpaired) electrons. The quantitative estimate of drug-likeness (QED) is 0.674. The molecular formula is C8H6BrCl. The van der Waals surface area contributed by atoms with Crippen LogP contribution in [0.1, 0.15) is 5.56 Å². The molecule has 0 saturated carbocycles. The topological polar surface area (TPSA) is 0 Å². The Kier molecular flexibility index (Phi) is 2.97. The third-order valence-corrected chi connectivity index (χ3v) is 2.19. The van der Waals surface area contributed by atoms with Gasteiger partial charge in [0, 0.05) is 4.99 Å². The Balaban J connectivity index is 2.96. The minimum atomic E-state index is 0.723. The molecule has 1 aromatic carbocycles. The Bertz CT molecular complexity index is 228. The normalized spacial score (nSPS) is 11.6. The first-order valence-corrected chi connectivity index (χ1v) is 4.15. The molecular weight excluding hydrogens is 211 g/mol. The maximum absolute atomic E-state index is 5.80. The van der Waals surface area contributed by atoms with Crippen LogP contribution in [-0.4, -0.2) is 0 Å². The summed E-state index contributed by atoms with van der Waals surface area (Å²) in [6.07, 6.45) is 0. The summed E-state index contributed by atoms with van der Waals surface area (Å²) in [5, 5.41) is 0.723. The summed E-state index contributed by atoms with van der Waals surface area (Å²) in [7, 11) is 0. The van der Waals surface area contributed by atoms with E-state index in [1.807, 2.05) is 30.3 Å². The lowest BCUT2D eigenvalue weighted by Gasteiger charge is -1.94. The molecule has 0 aliphatic carbocycles. The van der Waals surface area contributed by atoms with E-state index in [0.29, 0.717) is 0 Å². The second kappa shape index (κ2) is 3.79. The van der Waals surface area contributed by atoms with Gasteiger partial charge in [0.15, 0.2) is 0 Å². The van der Waals surface area contributed by atoms with Crippen molar-refractivity contribution in [3.63, 3.8) is 0 Å². The van der Waals surface area contributed by atoms with Crippen LogP contribution in [0.3, 0.4) is 0 Å². The van der Waals surface area contributed by atoms with E-state index in [-0.39, 0.29) is 0 Å². The number of hydrogen-bond acceptors (Lipinski definition) is 0. The zero-order chi connectivity index (χ0) is 7.40. The van der Waals surface area contributed by atoms with E-state index in [1.54, 1.807) is 4.99 Å². The first kappa shape index (κ1) is 7.83. The molecule has 52 valence electrons. The van der Waals surface area contributed by atoms with Gasteiger partial charge in [-0.25, -0.2) is 0 Å². The van der Waals surface area contributed by atoms with Crippen LogP contribution in [0.25, 0.3) is 5.03 Å². The molecule has 0 atom stereocenters. The van der Waals surface area contributed by atoms with Gasteiger partial charge in [-0.1, -0.05) is 57.9 Å². The van der Waals surface area contributed by atoms with Crippen LogP contribution in [0.5, 0.6) is 0 Å².